The summed E-state index contributed by atoms with van der Waals surface area (Å²) in [7, 11) is 0. The van der Waals surface area contributed by atoms with Crippen LogP contribution >= 0.6 is 22.9 Å². The standard InChI is InChI=1S/C16H19ClN2OS/c17-5-1-2-13-8-12(9-18)16(21-13)19-15(20)14-7-10-3-4-11(14)6-10/h8,10-11,14H,1-7H2,(H,19,20)/t10-,11-,14+/m0/s1. The van der Waals surface area contributed by atoms with Crippen LogP contribution in [0.5, 0.6) is 0 Å². The lowest BCUT2D eigenvalue weighted by atomic mass is 9.88. The molecule has 5 heteroatoms. The molecule has 0 radical (unpaired) electrons. The minimum absolute atomic E-state index is 0.115. The fourth-order valence-electron chi connectivity index (χ4n) is 3.75. The number of aryl methyl sites for hydroxylation is 1. The van der Waals surface area contributed by atoms with E-state index in [0.717, 1.165) is 35.1 Å². The highest BCUT2D eigenvalue weighted by molar-refractivity contribution is 7.16. The second kappa shape index (κ2) is 6.37. The molecule has 0 aliphatic heterocycles. The second-order valence-electron chi connectivity index (χ2n) is 6.13. The number of carbonyl (C=O) groups is 1. The minimum atomic E-state index is 0.115. The molecule has 1 aromatic rings. The number of carbonyl (C=O) groups excluding carboxylic acids is 1. The van der Waals surface area contributed by atoms with Crippen molar-refractivity contribution in [3.63, 3.8) is 0 Å². The molecule has 2 aliphatic rings. The van der Waals surface area contributed by atoms with Gasteiger partial charge in [-0.3, -0.25) is 4.79 Å². The van der Waals surface area contributed by atoms with Crippen LogP contribution in [-0.4, -0.2) is 11.8 Å². The number of halogens is 1. The Hall–Kier alpha value is -1.05. The summed E-state index contributed by atoms with van der Waals surface area (Å²) in [6.45, 7) is 0. The maximum absolute atomic E-state index is 12.5. The minimum Gasteiger partial charge on any atom is -0.316 e. The third kappa shape index (κ3) is 3.09. The van der Waals surface area contributed by atoms with Gasteiger partial charge in [0.05, 0.1) is 5.56 Å². The van der Waals surface area contributed by atoms with Crippen LogP contribution in [0.25, 0.3) is 0 Å². The smallest absolute Gasteiger partial charge is 0.228 e. The van der Waals surface area contributed by atoms with E-state index in [0.29, 0.717) is 17.4 Å². The van der Waals surface area contributed by atoms with E-state index in [4.69, 9.17) is 11.6 Å². The first-order valence-electron chi connectivity index (χ1n) is 7.61. The van der Waals surface area contributed by atoms with Gasteiger partial charge in [0.1, 0.15) is 11.1 Å². The molecule has 21 heavy (non-hydrogen) atoms. The summed E-state index contributed by atoms with van der Waals surface area (Å²) in [6.07, 6.45) is 6.50. The number of amides is 1. The van der Waals surface area contributed by atoms with Gasteiger partial charge >= 0.3 is 0 Å². The average molecular weight is 323 g/mol. The highest BCUT2D eigenvalue weighted by Gasteiger charge is 2.43. The summed E-state index contributed by atoms with van der Waals surface area (Å²) < 4.78 is 0. The molecule has 112 valence electrons. The summed E-state index contributed by atoms with van der Waals surface area (Å²) in [5.41, 5.74) is 0.584. The highest BCUT2D eigenvalue weighted by Crippen LogP contribution is 2.48. The van der Waals surface area contributed by atoms with Crippen molar-refractivity contribution in [3.05, 3.63) is 16.5 Å². The van der Waals surface area contributed by atoms with Gasteiger partial charge in [-0.25, -0.2) is 0 Å². The fraction of sp³-hybridized carbons (Fsp3) is 0.625. The molecule has 2 saturated carbocycles. The average Bonchev–Trinajstić information content (AvgIpc) is 3.19. The molecule has 0 spiro atoms. The number of nitrogens with zero attached hydrogens (tertiary/aromatic N) is 1. The van der Waals surface area contributed by atoms with Crippen LogP contribution in [0, 0.1) is 29.1 Å². The third-order valence-corrected chi connectivity index (χ3v) is 6.15. The SMILES string of the molecule is N#Cc1cc(CCCCl)sc1NC(=O)[C@@H]1C[C@H]2CC[C@H]1C2. The Labute approximate surface area is 134 Å². The number of hydrogen-bond acceptors (Lipinski definition) is 3. The van der Waals surface area contributed by atoms with Gasteiger partial charge in [-0.1, -0.05) is 6.42 Å². The summed E-state index contributed by atoms with van der Waals surface area (Å²) in [6, 6.07) is 4.07. The van der Waals surface area contributed by atoms with E-state index in [2.05, 4.69) is 11.4 Å². The Kier molecular flexibility index (Phi) is 4.51. The summed E-state index contributed by atoms with van der Waals surface area (Å²) >= 11 is 7.23. The fourth-order valence-corrected chi connectivity index (χ4v) is 4.94. The number of rotatable bonds is 5. The normalized spacial score (nSPS) is 26.8. The molecule has 3 atom stereocenters. The molecule has 0 saturated heterocycles. The molecular formula is C16H19ClN2OS. The Morgan fingerprint density at radius 3 is 2.95 bits per heavy atom. The summed E-state index contributed by atoms with van der Waals surface area (Å²) in [5, 5.41) is 12.9. The van der Waals surface area contributed by atoms with Crippen LogP contribution in [0.4, 0.5) is 5.00 Å². The van der Waals surface area contributed by atoms with E-state index in [1.54, 1.807) is 0 Å². The Morgan fingerprint density at radius 2 is 2.33 bits per heavy atom. The van der Waals surface area contributed by atoms with Crippen LogP contribution < -0.4 is 5.32 Å². The molecule has 2 bridgehead atoms. The number of hydrogen-bond donors (Lipinski definition) is 1. The van der Waals surface area contributed by atoms with Gasteiger partial charge in [0.2, 0.25) is 5.91 Å². The van der Waals surface area contributed by atoms with Gasteiger partial charge in [0, 0.05) is 16.7 Å². The highest BCUT2D eigenvalue weighted by atomic mass is 35.5. The first kappa shape index (κ1) is 14.9. The van der Waals surface area contributed by atoms with Gasteiger partial charge in [-0.2, -0.15) is 5.26 Å². The maximum atomic E-state index is 12.5. The van der Waals surface area contributed by atoms with E-state index in [1.165, 1.54) is 30.6 Å². The van der Waals surface area contributed by atoms with Gasteiger partial charge < -0.3 is 5.32 Å². The van der Waals surface area contributed by atoms with Crippen LogP contribution in [0.1, 0.15) is 42.5 Å². The predicted octanol–water partition coefficient (Wildman–Crippen LogP) is 4.17. The Bertz CT molecular complexity index is 577. The lowest BCUT2D eigenvalue weighted by Crippen LogP contribution is -2.27. The maximum Gasteiger partial charge on any atom is 0.228 e. The molecule has 1 amide bonds. The zero-order valence-corrected chi connectivity index (χ0v) is 13.5. The van der Waals surface area contributed by atoms with E-state index < -0.39 is 0 Å². The molecule has 0 unspecified atom stereocenters. The molecule has 1 N–H and O–H groups in total. The number of nitriles is 1. The number of fused-ring (bicyclic) bond motifs is 2. The first-order valence-corrected chi connectivity index (χ1v) is 8.96. The van der Waals surface area contributed by atoms with Crippen molar-refractivity contribution in [3.8, 4) is 6.07 Å². The van der Waals surface area contributed by atoms with Crippen LogP contribution in [0.2, 0.25) is 0 Å². The number of alkyl halides is 1. The first-order chi connectivity index (χ1) is 10.2. The molecule has 3 rings (SSSR count). The van der Waals surface area contributed by atoms with Gasteiger partial charge in [-0.15, -0.1) is 22.9 Å². The molecule has 3 nitrogen and oxygen atoms in total. The van der Waals surface area contributed by atoms with Gasteiger partial charge in [0.15, 0.2) is 0 Å². The van der Waals surface area contributed by atoms with Crippen molar-refractivity contribution in [2.24, 2.45) is 17.8 Å². The quantitative estimate of drug-likeness (QED) is 0.827. The zero-order valence-electron chi connectivity index (χ0n) is 11.9. The van der Waals surface area contributed by atoms with Crippen molar-refractivity contribution >= 4 is 33.8 Å². The van der Waals surface area contributed by atoms with Crippen LogP contribution in [0.15, 0.2) is 6.07 Å². The second-order valence-corrected chi connectivity index (χ2v) is 7.65. The number of nitrogens with one attached hydrogen (secondary N) is 1. The zero-order chi connectivity index (χ0) is 14.8. The lowest BCUT2D eigenvalue weighted by Gasteiger charge is -2.20. The van der Waals surface area contributed by atoms with Crippen molar-refractivity contribution in [2.75, 3.05) is 11.2 Å². The molecule has 0 aromatic carbocycles. The topological polar surface area (TPSA) is 52.9 Å². The molecule has 2 aliphatic carbocycles. The number of thiophene rings is 1. The van der Waals surface area contributed by atoms with E-state index in [9.17, 15) is 10.1 Å². The number of anilines is 1. The summed E-state index contributed by atoms with van der Waals surface area (Å²) in [4.78, 5) is 13.6. The van der Waals surface area contributed by atoms with Crippen molar-refractivity contribution in [1.29, 1.82) is 5.26 Å². The molecule has 1 heterocycles. The van der Waals surface area contributed by atoms with Crippen LogP contribution in [0.3, 0.4) is 0 Å². The van der Waals surface area contributed by atoms with Crippen molar-refractivity contribution < 1.29 is 4.79 Å². The van der Waals surface area contributed by atoms with Crippen molar-refractivity contribution in [1.82, 2.24) is 0 Å². The summed E-state index contributed by atoms with van der Waals surface area (Å²) in [5.74, 6) is 2.21. The van der Waals surface area contributed by atoms with E-state index in [1.807, 2.05) is 6.07 Å². The van der Waals surface area contributed by atoms with E-state index in [-0.39, 0.29) is 11.8 Å². The molecular weight excluding hydrogens is 304 g/mol. The Morgan fingerprint density at radius 1 is 1.48 bits per heavy atom. The Balaban J connectivity index is 1.68. The largest absolute Gasteiger partial charge is 0.316 e. The van der Waals surface area contributed by atoms with Crippen molar-refractivity contribution in [2.45, 2.75) is 38.5 Å². The molecule has 2 fully saturated rings. The predicted molar refractivity (Wildman–Crippen MR) is 85.6 cm³/mol. The monoisotopic (exact) mass is 322 g/mol. The third-order valence-electron chi connectivity index (χ3n) is 4.77. The van der Waals surface area contributed by atoms with Gasteiger partial charge in [0.25, 0.3) is 0 Å². The lowest BCUT2D eigenvalue weighted by molar-refractivity contribution is -0.121. The van der Waals surface area contributed by atoms with Gasteiger partial charge in [-0.05, 0) is 50.0 Å². The van der Waals surface area contributed by atoms with E-state index >= 15 is 0 Å². The molecule has 1 aromatic heterocycles. The van der Waals surface area contributed by atoms with Crippen LogP contribution in [-0.2, 0) is 11.2 Å².